The van der Waals surface area contributed by atoms with E-state index in [-0.39, 0.29) is 68.1 Å². The van der Waals surface area contributed by atoms with Crippen LogP contribution in [0.25, 0.3) is 11.0 Å². The first-order chi connectivity index (χ1) is 32.4. The number of para-hydroxylation sites is 1. The van der Waals surface area contributed by atoms with Crippen molar-refractivity contribution in [3.05, 3.63) is 94.2 Å². The molecule has 6 amide bonds. The molecule has 0 aliphatic carbocycles. The average Bonchev–Trinajstić information content (AvgIpc) is 3.77. The van der Waals surface area contributed by atoms with E-state index < -0.39 is 29.7 Å². The van der Waals surface area contributed by atoms with Gasteiger partial charge >= 0.3 is 0 Å². The lowest BCUT2D eigenvalue weighted by Gasteiger charge is -2.34. The highest BCUT2D eigenvalue weighted by Crippen LogP contribution is 2.36. The number of anilines is 5. The van der Waals surface area contributed by atoms with E-state index in [4.69, 9.17) is 14.5 Å². The number of amides is 6. The van der Waals surface area contributed by atoms with Crippen LogP contribution in [-0.2, 0) is 48.7 Å². The fourth-order valence-corrected chi connectivity index (χ4v) is 9.30. The number of nitrogens with one attached hydrogen (secondary N) is 4. The third-order valence-corrected chi connectivity index (χ3v) is 12.9. The first-order valence-corrected chi connectivity index (χ1v) is 22.7. The molecule has 348 valence electrons. The van der Waals surface area contributed by atoms with Crippen molar-refractivity contribution in [2.24, 2.45) is 13.0 Å². The number of nitrogens with zero attached hydrogens (tertiary/aromatic N) is 7. The largest absolute Gasteiger partial charge is 0.377 e. The van der Waals surface area contributed by atoms with Crippen LogP contribution >= 0.6 is 0 Å². The van der Waals surface area contributed by atoms with Crippen LogP contribution < -0.4 is 26.2 Å². The van der Waals surface area contributed by atoms with Gasteiger partial charge in [0.25, 0.3) is 11.8 Å². The number of carbonyl (C=O) groups excluding carboxylic acids is 6. The van der Waals surface area contributed by atoms with Crippen LogP contribution in [0.1, 0.15) is 68.7 Å². The molecule has 5 aromatic rings. The average molecular weight is 912 g/mol. The topological polar surface area (TPSA) is 222 Å². The van der Waals surface area contributed by atoms with Crippen molar-refractivity contribution >= 4 is 75.3 Å². The summed E-state index contributed by atoms with van der Waals surface area (Å²) in [5, 5.41) is 17.4. The lowest BCUT2D eigenvalue weighted by molar-refractivity contribution is -0.138. The molecule has 0 bridgehead atoms. The fraction of sp³-hybridized carbons (Fsp3) is 0.396. The molecule has 1 unspecified atom stereocenters. The van der Waals surface area contributed by atoms with Crippen molar-refractivity contribution in [1.29, 1.82) is 0 Å². The van der Waals surface area contributed by atoms with Gasteiger partial charge in [-0.25, -0.2) is 9.67 Å². The molecule has 19 heteroatoms. The van der Waals surface area contributed by atoms with Crippen LogP contribution in [0.5, 0.6) is 0 Å². The van der Waals surface area contributed by atoms with Gasteiger partial charge in [0.15, 0.2) is 11.5 Å². The van der Waals surface area contributed by atoms with Gasteiger partial charge in [-0.15, -0.1) is 0 Å². The van der Waals surface area contributed by atoms with Crippen LogP contribution in [-0.4, -0.2) is 124 Å². The predicted octanol–water partition coefficient (Wildman–Crippen LogP) is 3.82. The Kier molecular flexibility index (Phi) is 12.9. The molecule has 19 nitrogen and oxygen atoms in total. The molecule has 0 radical (unpaired) electrons. The highest BCUT2D eigenvalue weighted by atomic mass is 16.5. The van der Waals surface area contributed by atoms with E-state index in [0.717, 1.165) is 44.8 Å². The molecular weight excluding hydrogens is 859 g/mol. The van der Waals surface area contributed by atoms with Gasteiger partial charge in [-0.2, -0.15) is 10.1 Å². The second-order valence-corrected chi connectivity index (χ2v) is 17.3. The predicted molar refractivity (Wildman–Crippen MR) is 247 cm³/mol. The van der Waals surface area contributed by atoms with Crippen LogP contribution in [0.15, 0.2) is 60.8 Å². The Morgan fingerprint density at radius 1 is 0.851 bits per heavy atom. The van der Waals surface area contributed by atoms with Gasteiger partial charge in [0.1, 0.15) is 12.6 Å². The molecule has 0 saturated carbocycles. The summed E-state index contributed by atoms with van der Waals surface area (Å²) in [4.78, 5) is 91.3. The normalized spacial score (nSPS) is 17.4. The molecule has 2 fully saturated rings. The monoisotopic (exact) mass is 911 g/mol. The van der Waals surface area contributed by atoms with Crippen molar-refractivity contribution in [2.75, 3.05) is 68.1 Å². The minimum absolute atomic E-state index is 0.0484. The molecule has 1 atom stereocenters. The maximum atomic E-state index is 13.6. The van der Waals surface area contributed by atoms with Crippen LogP contribution in [0.3, 0.4) is 0 Å². The van der Waals surface area contributed by atoms with E-state index in [1.54, 1.807) is 34.0 Å². The molecule has 4 aliphatic heterocycles. The number of fused-ring (bicyclic) bond motifs is 3. The first-order valence-electron chi connectivity index (χ1n) is 22.7. The first kappa shape index (κ1) is 44.9. The van der Waals surface area contributed by atoms with Crippen LogP contribution in [0.4, 0.5) is 28.8 Å². The lowest BCUT2D eigenvalue weighted by Crippen LogP contribution is -2.54. The maximum absolute atomic E-state index is 13.6. The fourth-order valence-electron chi connectivity index (χ4n) is 9.30. The Hall–Kier alpha value is -7.25. The lowest BCUT2D eigenvalue weighted by atomic mass is 9.94. The van der Waals surface area contributed by atoms with Crippen molar-refractivity contribution in [1.82, 2.24) is 40.2 Å². The molecule has 3 aromatic carbocycles. The Bertz CT molecular complexity index is 2760. The smallest absolute Gasteiger partial charge is 0.264 e. The van der Waals surface area contributed by atoms with Gasteiger partial charge < -0.3 is 35.2 Å². The zero-order valence-corrected chi connectivity index (χ0v) is 37.7. The van der Waals surface area contributed by atoms with E-state index in [2.05, 4.69) is 63.4 Å². The summed E-state index contributed by atoms with van der Waals surface area (Å²) < 4.78 is 13.1. The van der Waals surface area contributed by atoms with Crippen LogP contribution in [0.2, 0.25) is 0 Å². The summed E-state index contributed by atoms with van der Waals surface area (Å²) in [7, 11) is 1.85. The number of rotatable bonds is 15. The summed E-state index contributed by atoms with van der Waals surface area (Å²) in [5.41, 5.74) is 8.03. The van der Waals surface area contributed by atoms with Crippen molar-refractivity contribution in [3.63, 3.8) is 0 Å². The quantitative estimate of drug-likeness (QED) is 0.0867. The van der Waals surface area contributed by atoms with Gasteiger partial charge in [-0.1, -0.05) is 30.3 Å². The standard InChI is InChI=1S/C48H53N11O8/c1-28-6-4-7-29(2)41(28)53-42-35-25-50-48(54-43(35)56(3)55-42)51-33-11-10-30-14-20-58(26-32(30)24-33)39(61)27-67-23-22-66-21-17-49-44(62)31-15-18-57(19-16-31)36-9-5-8-34-40(36)47(65)59(46(34)64)37-12-13-38(60)52-45(37)63/h4-11,24-25,31,37H,12-23,26-27H2,1-3H3,(H,49,62)(H,53,55)(H,50,51,54)(H,52,60,63). The van der Waals surface area contributed by atoms with Gasteiger partial charge in [0.05, 0.1) is 42.0 Å². The molecule has 2 aromatic heterocycles. The third-order valence-electron chi connectivity index (χ3n) is 12.9. The third kappa shape index (κ3) is 9.42. The van der Waals surface area contributed by atoms with Crippen molar-refractivity contribution in [3.8, 4) is 0 Å². The molecular formula is C48H53N11O8. The minimum atomic E-state index is -1.04. The number of benzene rings is 3. The Morgan fingerprint density at radius 2 is 1.63 bits per heavy atom. The Labute approximate surface area is 386 Å². The molecule has 67 heavy (non-hydrogen) atoms. The van der Waals surface area contributed by atoms with E-state index in [9.17, 15) is 28.8 Å². The molecule has 0 spiro atoms. The molecule has 9 rings (SSSR count). The molecule has 4 aliphatic rings. The van der Waals surface area contributed by atoms with Gasteiger partial charge in [0.2, 0.25) is 29.6 Å². The summed E-state index contributed by atoms with van der Waals surface area (Å²) in [6, 6.07) is 16.3. The van der Waals surface area contributed by atoms with E-state index in [0.29, 0.717) is 68.7 Å². The van der Waals surface area contributed by atoms with Gasteiger partial charge in [-0.05, 0) is 86.1 Å². The van der Waals surface area contributed by atoms with E-state index >= 15 is 0 Å². The molecule has 6 heterocycles. The minimum Gasteiger partial charge on any atom is -0.377 e. The van der Waals surface area contributed by atoms with Crippen LogP contribution in [0, 0.1) is 19.8 Å². The zero-order chi connectivity index (χ0) is 46.8. The maximum Gasteiger partial charge on any atom is 0.264 e. The number of aryl methyl sites for hydroxylation is 3. The summed E-state index contributed by atoms with van der Waals surface area (Å²) in [6.07, 6.45) is 3.72. The summed E-state index contributed by atoms with van der Waals surface area (Å²) in [6.45, 7) is 7.18. The van der Waals surface area contributed by atoms with Crippen molar-refractivity contribution in [2.45, 2.75) is 58.5 Å². The molecule has 4 N–H and O–H groups in total. The van der Waals surface area contributed by atoms with Gasteiger partial charge in [0, 0.05) is 69.7 Å². The van der Waals surface area contributed by atoms with E-state index in [1.807, 2.05) is 30.1 Å². The number of carbonyl (C=O) groups is 6. The Balaban J connectivity index is 0.674. The number of hydrogen-bond donors (Lipinski definition) is 4. The number of aromatic nitrogens is 4. The molecule has 2 saturated heterocycles. The number of hydrogen-bond acceptors (Lipinski definition) is 14. The Morgan fingerprint density at radius 3 is 2.42 bits per heavy atom. The van der Waals surface area contributed by atoms with Crippen molar-refractivity contribution < 1.29 is 38.2 Å². The summed E-state index contributed by atoms with van der Waals surface area (Å²) in [5.74, 6) is -1.48. The number of ether oxygens (including phenoxy) is 2. The van der Waals surface area contributed by atoms with Gasteiger partial charge in [-0.3, -0.25) is 39.0 Å². The number of piperidine rings is 2. The highest BCUT2D eigenvalue weighted by molar-refractivity contribution is 6.25. The zero-order valence-electron chi connectivity index (χ0n) is 37.7. The SMILES string of the molecule is Cc1cccc(C)c1Nc1nn(C)c2nc(Nc3ccc4c(c3)CN(C(=O)COCCOCCNC(=O)C3CCN(c5cccc6c5C(=O)N(C5CCC(=O)NC5=O)C6=O)CC3)CC4)ncc12. The number of imide groups is 2. The van der Waals surface area contributed by atoms with E-state index in [1.165, 1.54) is 5.56 Å². The second-order valence-electron chi connectivity index (χ2n) is 17.3. The second kappa shape index (κ2) is 19.3. The summed E-state index contributed by atoms with van der Waals surface area (Å²) >= 11 is 0. The highest BCUT2D eigenvalue weighted by Gasteiger charge is 2.46.